The highest BCUT2D eigenvalue weighted by molar-refractivity contribution is 5.17. The summed E-state index contributed by atoms with van der Waals surface area (Å²) in [5.74, 6) is 0. The predicted octanol–water partition coefficient (Wildman–Crippen LogP) is 1.91. The molecule has 1 aliphatic heterocycles. The van der Waals surface area contributed by atoms with Crippen LogP contribution < -0.4 is 0 Å². The highest BCUT2D eigenvalue weighted by atomic mass is 16.3. The predicted molar refractivity (Wildman–Crippen MR) is 83.5 cm³/mol. The maximum absolute atomic E-state index is 10.5. The largest absolute Gasteiger partial charge is 0.390 e. The highest BCUT2D eigenvalue weighted by Gasteiger charge is 2.32. The Morgan fingerprint density at radius 2 is 1.85 bits per heavy atom. The summed E-state index contributed by atoms with van der Waals surface area (Å²) in [4.78, 5) is 4.50. The molecule has 3 heteroatoms. The van der Waals surface area contributed by atoms with E-state index in [0.717, 1.165) is 26.2 Å². The zero-order valence-corrected chi connectivity index (χ0v) is 12.0. The summed E-state index contributed by atoms with van der Waals surface area (Å²) in [6.45, 7) is 10.8. The minimum atomic E-state index is -0.344. The van der Waals surface area contributed by atoms with Gasteiger partial charge >= 0.3 is 0 Å². The van der Waals surface area contributed by atoms with E-state index in [0.29, 0.717) is 6.54 Å². The van der Waals surface area contributed by atoms with E-state index in [1.807, 2.05) is 30.4 Å². The van der Waals surface area contributed by atoms with Crippen LogP contribution in [0.3, 0.4) is 0 Å². The zero-order valence-electron chi connectivity index (χ0n) is 12.0. The summed E-state index contributed by atoms with van der Waals surface area (Å²) in [6.07, 6.45) is 4.32. The Balaban J connectivity index is 2.08. The van der Waals surface area contributed by atoms with Gasteiger partial charge in [0.2, 0.25) is 0 Å². The summed E-state index contributed by atoms with van der Waals surface area (Å²) in [6, 6.07) is 10.5. The van der Waals surface area contributed by atoms with Crippen LogP contribution in [0.5, 0.6) is 0 Å². The molecule has 20 heavy (non-hydrogen) atoms. The van der Waals surface area contributed by atoms with Crippen molar-refractivity contribution in [2.75, 3.05) is 26.3 Å². The molecule has 2 atom stereocenters. The molecule has 0 spiro atoms. The highest BCUT2D eigenvalue weighted by Crippen LogP contribution is 2.19. The molecule has 1 saturated heterocycles. The van der Waals surface area contributed by atoms with E-state index in [-0.39, 0.29) is 12.1 Å². The lowest BCUT2D eigenvalue weighted by molar-refractivity contribution is -0.0434. The van der Waals surface area contributed by atoms with Crippen LogP contribution >= 0.6 is 0 Å². The molecule has 2 unspecified atom stereocenters. The van der Waals surface area contributed by atoms with Crippen LogP contribution in [0, 0.1) is 0 Å². The summed E-state index contributed by atoms with van der Waals surface area (Å²) >= 11 is 0. The maximum atomic E-state index is 10.5. The molecule has 1 aromatic rings. The van der Waals surface area contributed by atoms with Gasteiger partial charge in [-0.25, -0.2) is 0 Å². The maximum Gasteiger partial charge on any atom is 0.0826 e. The molecule has 2 rings (SSSR count). The van der Waals surface area contributed by atoms with Gasteiger partial charge in [0, 0.05) is 25.7 Å². The van der Waals surface area contributed by atoms with Crippen LogP contribution in [0.2, 0.25) is 0 Å². The molecule has 0 saturated carbocycles. The third-order valence-corrected chi connectivity index (χ3v) is 3.78. The van der Waals surface area contributed by atoms with Gasteiger partial charge < -0.3 is 5.11 Å². The molecule has 3 nitrogen and oxygen atoms in total. The topological polar surface area (TPSA) is 26.7 Å². The standard InChI is InChI=1S/C17H24N2O/c1-3-10-18-13-17(20)16(19(14-18)11-4-2)12-15-8-6-5-7-9-15/h3-9,16-17,20H,1-2,10-14H2. The molecule has 1 N–H and O–H groups in total. The first-order valence-electron chi connectivity index (χ1n) is 7.14. The number of aliphatic hydroxyl groups excluding tert-OH is 1. The molecule has 0 aliphatic carbocycles. The van der Waals surface area contributed by atoms with Crippen molar-refractivity contribution in [3.8, 4) is 0 Å². The lowest BCUT2D eigenvalue weighted by atomic mass is 9.97. The van der Waals surface area contributed by atoms with E-state index >= 15 is 0 Å². The first-order chi connectivity index (χ1) is 9.74. The third kappa shape index (κ3) is 3.79. The number of benzene rings is 1. The first-order valence-corrected chi connectivity index (χ1v) is 7.14. The normalized spacial score (nSPS) is 24.4. The summed E-state index contributed by atoms with van der Waals surface area (Å²) in [5.41, 5.74) is 1.27. The molecule has 1 heterocycles. The van der Waals surface area contributed by atoms with Crippen molar-refractivity contribution in [3.63, 3.8) is 0 Å². The van der Waals surface area contributed by atoms with Crippen LogP contribution in [0.25, 0.3) is 0 Å². The number of hydrogen-bond acceptors (Lipinski definition) is 3. The van der Waals surface area contributed by atoms with Crippen molar-refractivity contribution in [2.45, 2.75) is 18.6 Å². The average Bonchev–Trinajstić information content (AvgIpc) is 2.44. The van der Waals surface area contributed by atoms with Gasteiger partial charge in [-0.1, -0.05) is 42.5 Å². The SMILES string of the molecule is C=CCN1CC(O)C(Cc2ccccc2)N(CC=C)C1. The molecule has 0 aromatic heterocycles. The molecule has 108 valence electrons. The van der Waals surface area contributed by atoms with Crippen molar-refractivity contribution in [1.29, 1.82) is 0 Å². The van der Waals surface area contributed by atoms with E-state index in [1.165, 1.54) is 5.56 Å². The van der Waals surface area contributed by atoms with Gasteiger partial charge in [-0.05, 0) is 12.0 Å². The molecular weight excluding hydrogens is 248 g/mol. The third-order valence-electron chi connectivity index (χ3n) is 3.78. The number of hydrogen-bond donors (Lipinski definition) is 1. The van der Waals surface area contributed by atoms with Gasteiger partial charge in [0.25, 0.3) is 0 Å². The van der Waals surface area contributed by atoms with Crippen molar-refractivity contribution in [2.24, 2.45) is 0 Å². The van der Waals surface area contributed by atoms with Crippen LogP contribution in [0.1, 0.15) is 5.56 Å². The molecular formula is C17H24N2O. The second kappa shape index (κ2) is 7.39. The smallest absolute Gasteiger partial charge is 0.0826 e. The Bertz CT molecular complexity index is 432. The number of aliphatic hydroxyl groups is 1. The molecule has 0 amide bonds. The summed E-state index contributed by atoms with van der Waals surface area (Å²) < 4.78 is 0. The van der Waals surface area contributed by atoms with E-state index in [4.69, 9.17) is 0 Å². The lowest BCUT2D eigenvalue weighted by Gasteiger charge is -2.44. The van der Waals surface area contributed by atoms with E-state index in [1.54, 1.807) is 0 Å². The van der Waals surface area contributed by atoms with E-state index in [9.17, 15) is 5.11 Å². The minimum absolute atomic E-state index is 0.150. The van der Waals surface area contributed by atoms with Gasteiger partial charge in [-0.2, -0.15) is 0 Å². The minimum Gasteiger partial charge on any atom is -0.390 e. The number of β-amino-alcohol motifs (C(OH)–C–C–N with tert-alkyl or cyclic N) is 1. The lowest BCUT2D eigenvalue weighted by Crippen LogP contribution is -2.59. The van der Waals surface area contributed by atoms with Gasteiger partial charge in [-0.15, -0.1) is 13.2 Å². The molecule has 0 radical (unpaired) electrons. The fraction of sp³-hybridized carbons (Fsp3) is 0.412. The Kier molecular flexibility index (Phi) is 5.53. The van der Waals surface area contributed by atoms with Crippen LogP contribution in [-0.2, 0) is 6.42 Å². The van der Waals surface area contributed by atoms with Crippen LogP contribution in [-0.4, -0.2) is 53.4 Å². The monoisotopic (exact) mass is 272 g/mol. The second-order valence-corrected chi connectivity index (χ2v) is 5.35. The van der Waals surface area contributed by atoms with Gasteiger partial charge in [0.05, 0.1) is 12.8 Å². The Labute approximate surface area is 121 Å². The van der Waals surface area contributed by atoms with Crippen LogP contribution in [0.4, 0.5) is 0 Å². The fourth-order valence-electron chi connectivity index (χ4n) is 2.84. The zero-order chi connectivity index (χ0) is 14.4. The van der Waals surface area contributed by atoms with Crippen molar-refractivity contribution in [3.05, 3.63) is 61.2 Å². The summed E-state index contributed by atoms with van der Waals surface area (Å²) in [7, 11) is 0. The number of rotatable bonds is 6. The quantitative estimate of drug-likeness (QED) is 0.801. The molecule has 1 fully saturated rings. The van der Waals surface area contributed by atoms with Gasteiger partial charge in [0.1, 0.15) is 0 Å². The fourth-order valence-corrected chi connectivity index (χ4v) is 2.84. The number of nitrogens with zero attached hydrogens (tertiary/aromatic N) is 2. The average molecular weight is 272 g/mol. The molecule has 1 aliphatic rings. The van der Waals surface area contributed by atoms with Crippen molar-refractivity contribution in [1.82, 2.24) is 9.80 Å². The van der Waals surface area contributed by atoms with Crippen molar-refractivity contribution < 1.29 is 5.11 Å². The van der Waals surface area contributed by atoms with E-state index < -0.39 is 0 Å². The van der Waals surface area contributed by atoms with Crippen LogP contribution in [0.15, 0.2) is 55.6 Å². The Morgan fingerprint density at radius 3 is 2.50 bits per heavy atom. The Morgan fingerprint density at radius 1 is 1.15 bits per heavy atom. The van der Waals surface area contributed by atoms with E-state index in [2.05, 4.69) is 35.1 Å². The van der Waals surface area contributed by atoms with Crippen molar-refractivity contribution >= 4 is 0 Å². The molecule has 1 aromatic carbocycles. The molecule has 0 bridgehead atoms. The van der Waals surface area contributed by atoms with Gasteiger partial charge in [0.15, 0.2) is 0 Å². The summed E-state index contributed by atoms with van der Waals surface area (Å²) in [5, 5.41) is 10.5. The van der Waals surface area contributed by atoms with Gasteiger partial charge in [-0.3, -0.25) is 9.80 Å². The second-order valence-electron chi connectivity index (χ2n) is 5.35. The Hall–Kier alpha value is -1.42. The first kappa shape index (κ1) is 15.0.